The number of rotatable bonds is 1. The second-order valence-corrected chi connectivity index (χ2v) is 7.25. The van der Waals surface area contributed by atoms with Crippen LogP contribution < -0.4 is 5.73 Å². The molecule has 112 valence electrons. The Morgan fingerprint density at radius 3 is 3.00 bits per heavy atom. The first-order valence-corrected chi connectivity index (χ1v) is 8.25. The number of likely N-dealkylation sites (tertiary alicyclic amines) is 1. The van der Waals surface area contributed by atoms with Crippen molar-refractivity contribution < 1.29 is 4.79 Å². The molecule has 1 amide bonds. The van der Waals surface area contributed by atoms with E-state index in [1.807, 2.05) is 6.07 Å². The molecule has 1 aromatic carbocycles. The molecule has 3 atom stereocenters. The third kappa shape index (κ3) is 1.80. The molecule has 1 saturated carbocycles. The van der Waals surface area contributed by atoms with Crippen LogP contribution in [0, 0.1) is 5.92 Å². The molecular weight excluding hydrogens is 260 g/mol. The fraction of sp³-hybridized carbons (Fsp3) is 0.611. The number of hydrogen-bond donors (Lipinski definition) is 1. The lowest BCUT2D eigenvalue weighted by atomic mass is 9.52. The van der Waals surface area contributed by atoms with Crippen molar-refractivity contribution in [3.63, 3.8) is 0 Å². The van der Waals surface area contributed by atoms with Gasteiger partial charge in [0.05, 0.1) is 0 Å². The number of nitrogens with two attached hydrogens (primary N) is 1. The molecule has 1 heterocycles. The van der Waals surface area contributed by atoms with Crippen LogP contribution in [0.25, 0.3) is 0 Å². The summed E-state index contributed by atoms with van der Waals surface area (Å²) < 4.78 is 0. The summed E-state index contributed by atoms with van der Waals surface area (Å²) in [4.78, 5) is 14.2. The summed E-state index contributed by atoms with van der Waals surface area (Å²) in [5.41, 5.74) is 9.42. The van der Waals surface area contributed by atoms with E-state index in [4.69, 9.17) is 5.73 Å². The third-order valence-electron chi connectivity index (χ3n) is 6.40. The van der Waals surface area contributed by atoms with Crippen LogP contribution in [-0.4, -0.2) is 30.4 Å². The molecule has 0 aromatic heterocycles. The predicted octanol–water partition coefficient (Wildman–Crippen LogP) is 2.47. The van der Waals surface area contributed by atoms with Crippen LogP contribution >= 0.6 is 0 Å². The van der Waals surface area contributed by atoms with Gasteiger partial charge in [-0.15, -0.1) is 0 Å². The van der Waals surface area contributed by atoms with Crippen molar-refractivity contribution in [2.75, 3.05) is 13.6 Å². The normalized spacial score (nSPS) is 34.9. The summed E-state index contributed by atoms with van der Waals surface area (Å²) >= 11 is 0. The van der Waals surface area contributed by atoms with Crippen LogP contribution in [0.2, 0.25) is 0 Å². The highest BCUT2D eigenvalue weighted by Crippen LogP contribution is 2.55. The highest BCUT2D eigenvalue weighted by atomic mass is 16.1. The Morgan fingerprint density at radius 2 is 2.19 bits per heavy atom. The van der Waals surface area contributed by atoms with Gasteiger partial charge in [0.2, 0.25) is 5.91 Å². The van der Waals surface area contributed by atoms with Gasteiger partial charge in [-0.1, -0.05) is 18.9 Å². The highest BCUT2D eigenvalue weighted by Gasteiger charge is 2.53. The average Bonchev–Trinajstić information content (AvgIpc) is 2.50. The maximum absolute atomic E-state index is 11.6. The molecule has 3 heteroatoms. The Balaban J connectivity index is 1.89. The van der Waals surface area contributed by atoms with Gasteiger partial charge in [0.15, 0.2) is 0 Å². The van der Waals surface area contributed by atoms with Crippen LogP contribution in [0.5, 0.6) is 0 Å². The van der Waals surface area contributed by atoms with Gasteiger partial charge in [0.1, 0.15) is 0 Å². The molecule has 0 radical (unpaired) electrons. The molecule has 2 N–H and O–H groups in total. The molecule has 1 saturated heterocycles. The van der Waals surface area contributed by atoms with E-state index < -0.39 is 0 Å². The van der Waals surface area contributed by atoms with Crippen LogP contribution in [0.1, 0.15) is 53.6 Å². The molecule has 21 heavy (non-hydrogen) atoms. The van der Waals surface area contributed by atoms with Crippen LogP contribution in [0.15, 0.2) is 18.2 Å². The maximum Gasteiger partial charge on any atom is 0.248 e. The van der Waals surface area contributed by atoms with E-state index in [2.05, 4.69) is 24.1 Å². The molecule has 3 unspecified atom stereocenters. The van der Waals surface area contributed by atoms with Crippen molar-refractivity contribution in [3.05, 3.63) is 34.9 Å². The average molecular weight is 284 g/mol. The van der Waals surface area contributed by atoms with Gasteiger partial charge in [-0.25, -0.2) is 0 Å². The fourth-order valence-corrected chi connectivity index (χ4v) is 5.35. The second kappa shape index (κ2) is 4.57. The first-order chi connectivity index (χ1) is 10.1. The van der Waals surface area contributed by atoms with Gasteiger partial charge in [-0.3, -0.25) is 4.79 Å². The second-order valence-electron chi connectivity index (χ2n) is 7.25. The van der Waals surface area contributed by atoms with Gasteiger partial charge in [0, 0.05) is 17.0 Å². The molecule has 2 aliphatic carbocycles. The van der Waals surface area contributed by atoms with Crippen LogP contribution in [0.3, 0.4) is 0 Å². The number of likely N-dealkylation sites (N-methyl/N-ethyl adjacent to an activating group) is 1. The molecule has 1 aliphatic heterocycles. The van der Waals surface area contributed by atoms with E-state index >= 15 is 0 Å². The van der Waals surface area contributed by atoms with Gasteiger partial charge in [-0.05, 0) is 68.5 Å². The summed E-state index contributed by atoms with van der Waals surface area (Å²) in [7, 11) is 2.28. The van der Waals surface area contributed by atoms with Gasteiger partial charge >= 0.3 is 0 Å². The lowest BCUT2D eigenvalue weighted by Crippen LogP contribution is -2.59. The molecule has 4 rings (SSSR count). The van der Waals surface area contributed by atoms with Crippen molar-refractivity contribution in [3.8, 4) is 0 Å². The first kappa shape index (κ1) is 13.3. The van der Waals surface area contributed by atoms with Gasteiger partial charge < -0.3 is 10.6 Å². The van der Waals surface area contributed by atoms with E-state index in [-0.39, 0.29) is 5.91 Å². The van der Waals surface area contributed by atoms with Crippen LogP contribution in [-0.2, 0) is 11.8 Å². The molecule has 3 aliphatic rings. The minimum absolute atomic E-state index is 0.295. The van der Waals surface area contributed by atoms with Crippen molar-refractivity contribution in [2.24, 2.45) is 11.7 Å². The smallest absolute Gasteiger partial charge is 0.248 e. The minimum Gasteiger partial charge on any atom is -0.366 e. The number of benzene rings is 1. The Labute approximate surface area is 126 Å². The minimum atomic E-state index is -0.295. The summed E-state index contributed by atoms with van der Waals surface area (Å²) in [6.45, 7) is 1.18. The maximum atomic E-state index is 11.6. The van der Waals surface area contributed by atoms with E-state index in [1.54, 1.807) is 0 Å². The van der Waals surface area contributed by atoms with E-state index in [0.717, 1.165) is 12.3 Å². The largest absolute Gasteiger partial charge is 0.366 e. The van der Waals surface area contributed by atoms with Gasteiger partial charge in [-0.2, -0.15) is 0 Å². The standard InChI is InChI=1S/C18H24N2O/c1-20-9-8-18-7-3-2-4-14(18)16(20)11-12-5-6-13(17(19)21)10-15(12)18/h5-6,10,14,16H,2-4,7-9,11H2,1H3,(H2,19,21). The lowest BCUT2D eigenvalue weighted by molar-refractivity contribution is 0.00283. The number of carbonyl (C=O) groups is 1. The van der Waals surface area contributed by atoms with Crippen LogP contribution in [0.4, 0.5) is 0 Å². The fourth-order valence-electron chi connectivity index (χ4n) is 5.35. The Kier molecular flexibility index (Phi) is 2.90. The van der Waals surface area contributed by atoms with E-state index in [1.165, 1.54) is 49.8 Å². The quantitative estimate of drug-likeness (QED) is 0.861. The van der Waals surface area contributed by atoms with Crippen molar-refractivity contribution in [1.29, 1.82) is 0 Å². The number of nitrogens with zero attached hydrogens (tertiary/aromatic N) is 1. The van der Waals surface area contributed by atoms with Crippen molar-refractivity contribution in [1.82, 2.24) is 4.90 Å². The molecule has 0 spiro atoms. The predicted molar refractivity (Wildman–Crippen MR) is 83.3 cm³/mol. The SMILES string of the molecule is CN1CCC23CCCCC2C1Cc1ccc(C(N)=O)cc13. The number of carbonyl (C=O) groups excluding carboxylic acids is 1. The molecule has 2 bridgehead atoms. The Hall–Kier alpha value is -1.35. The zero-order valence-electron chi connectivity index (χ0n) is 12.8. The van der Waals surface area contributed by atoms with Crippen molar-refractivity contribution in [2.45, 2.75) is 50.0 Å². The number of amides is 1. The Bertz CT molecular complexity index is 597. The summed E-state index contributed by atoms with van der Waals surface area (Å²) in [5.74, 6) is 0.470. The topological polar surface area (TPSA) is 46.3 Å². The van der Waals surface area contributed by atoms with Crippen molar-refractivity contribution >= 4 is 5.91 Å². The lowest BCUT2D eigenvalue weighted by Gasteiger charge is -2.58. The molecule has 1 aromatic rings. The van der Waals surface area contributed by atoms with E-state index in [9.17, 15) is 4.79 Å². The number of hydrogen-bond acceptors (Lipinski definition) is 2. The first-order valence-electron chi connectivity index (χ1n) is 8.25. The highest BCUT2D eigenvalue weighted by molar-refractivity contribution is 5.93. The third-order valence-corrected chi connectivity index (χ3v) is 6.40. The van der Waals surface area contributed by atoms with Gasteiger partial charge in [0.25, 0.3) is 0 Å². The number of fused-ring (bicyclic) bond motifs is 1. The summed E-state index contributed by atoms with van der Waals surface area (Å²) in [6.07, 6.45) is 7.69. The van der Waals surface area contributed by atoms with E-state index in [0.29, 0.717) is 17.0 Å². The zero-order chi connectivity index (χ0) is 14.6. The summed E-state index contributed by atoms with van der Waals surface area (Å²) in [5, 5.41) is 0. The molecule has 2 fully saturated rings. The number of primary amides is 1. The molecular formula is C18H24N2O. The molecule has 3 nitrogen and oxygen atoms in total. The zero-order valence-corrected chi connectivity index (χ0v) is 12.8. The monoisotopic (exact) mass is 284 g/mol. The summed E-state index contributed by atoms with van der Waals surface area (Å²) in [6, 6.07) is 6.88. The number of piperidine rings is 1. The Morgan fingerprint density at radius 1 is 1.33 bits per heavy atom.